The molecule has 0 spiro atoms. The average Bonchev–Trinajstić information content (AvgIpc) is 2.43. The number of nitrogens with one attached hydrogen (secondary N) is 1. The van der Waals surface area contributed by atoms with Crippen LogP contribution in [0.15, 0.2) is 6.07 Å². The topological polar surface area (TPSA) is 94.4 Å². The van der Waals surface area contributed by atoms with Crippen LogP contribution in [-0.2, 0) is 10.9 Å². The van der Waals surface area contributed by atoms with E-state index in [1.807, 2.05) is 6.92 Å². The number of nitro groups is 1. The summed E-state index contributed by atoms with van der Waals surface area (Å²) in [5.74, 6) is -1.83. The lowest BCUT2D eigenvalue weighted by molar-refractivity contribution is -0.385. The molecule has 1 aromatic heterocycles. The van der Waals surface area contributed by atoms with Gasteiger partial charge in [-0.15, -0.1) is 0 Å². The van der Waals surface area contributed by atoms with E-state index >= 15 is 0 Å². The molecule has 7 nitrogen and oxygen atoms in total. The van der Waals surface area contributed by atoms with Gasteiger partial charge in [0.1, 0.15) is 11.4 Å². The molecule has 1 rings (SSSR count). The lowest BCUT2D eigenvalue weighted by atomic mass is 9.98. The number of nitrogens with zero attached hydrogens (tertiary/aromatic N) is 2. The van der Waals surface area contributed by atoms with E-state index in [4.69, 9.17) is 0 Å². The van der Waals surface area contributed by atoms with Gasteiger partial charge in [-0.05, 0) is 20.3 Å². The van der Waals surface area contributed by atoms with Crippen molar-refractivity contribution in [2.45, 2.75) is 45.3 Å². The summed E-state index contributed by atoms with van der Waals surface area (Å²) in [4.78, 5) is 25.1. The molecule has 0 aromatic carbocycles. The summed E-state index contributed by atoms with van der Waals surface area (Å²) in [6.07, 6.45) is -3.66. The van der Waals surface area contributed by atoms with E-state index in [0.29, 0.717) is 18.9 Å². The number of carbonyl (C=O) groups is 1. The second-order valence-corrected chi connectivity index (χ2v) is 5.76. The Labute approximate surface area is 136 Å². The van der Waals surface area contributed by atoms with Crippen molar-refractivity contribution in [1.29, 1.82) is 0 Å². The molecular formula is C14H18F3N3O4. The molecule has 0 aliphatic carbocycles. The number of esters is 1. The molecule has 0 bridgehead atoms. The van der Waals surface area contributed by atoms with Crippen molar-refractivity contribution in [1.82, 2.24) is 4.98 Å². The Kier molecular flexibility index (Phi) is 5.75. The summed E-state index contributed by atoms with van der Waals surface area (Å²) in [6, 6.07) is 0.295. The van der Waals surface area contributed by atoms with Crippen LogP contribution in [0.5, 0.6) is 0 Å². The minimum Gasteiger partial charge on any atom is -0.464 e. The highest BCUT2D eigenvalue weighted by Gasteiger charge is 2.40. The third-order valence-corrected chi connectivity index (χ3v) is 3.22. The van der Waals surface area contributed by atoms with E-state index < -0.39 is 45.4 Å². The zero-order chi connectivity index (χ0) is 18.7. The van der Waals surface area contributed by atoms with E-state index in [1.54, 1.807) is 13.8 Å². The molecule has 0 radical (unpaired) electrons. The van der Waals surface area contributed by atoms with E-state index in [-0.39, 0.29) is 0 Å². The number of carbonyl (C=O) groups excluding carboxylic acids is 1. The van der Waals surface area contributed by atoms with Gasteiger partial charge < -0.3 is 10.1 Å². The molecule has 10 heteroatoms. The first-order valence-corrected chi connectivity index (χ1v) is 7.06. The zero-order valence-electron chi connectivity index (χ0n) is 13.7. The molecule has 1 N–H and O–H groups in total. The summed E-state index contributed by atoms with van der Waals surface area (Å²) >= 11 is 0. The van der Waals surface area contributed by atoms with Gasteiger partial charge >= 0.3 is 17.8 Å². The van der Waals surface area contributed by atoms with Crippen molar-refractivity contribution in [3.8, 4) is 0 Å². The van der Waals surface area contributed by atoms with Crippen molar-refractivity contribution in [3.05, 3.63) is 27.4 Å². The second-order valence-electron chi connectivity index (χ2n) is 5.76. The van der Waals surface area contributed by atoms with Crippen LogP contribution in [0.4, 0.5) is 24.7 Å². The molecule has 0 amide bonds. The van der Waals surface area contributed by atoms with Crippen molar-refractivity contribution in [2.75, 3.05) is 12.4 Å². The van der Waals surface area contributed by atoms with Gasteiger partial charge in [-0.2, -0.15) is 13.2 Å². The molecular weight excluding hydrogens is 331 g/mol. The number of aromatic nitrogens is 1. The van der Waals surface area contributed by atoms with E-state index in [9.17, 15) is 28.1 Å². The summed E-state index contributed by atoms with van der Waals surface area (Å²) in [7, 11) is 0.958. The number of pyridine rings is 1. The van der Waals surface area contributed by atoms with Crippen LogP contribution in [-0.4, -0.2) is 28.5 Å². The van der Waals surface area contributed by atoms with Gasteiger partial charge in [0.15, 0.2) is 0 Å². The Morgan fingerprint density at radius 3 is 2.42 bits per heavy atom. The molecule has 134 valence electrons. The third kappa shape index (κ3) is 4.56. The summed E-state index contributed by atoms with van der Waals surface area (Å²) in [5.41, 5.74) is -3.92. The number of alkyl halides is 3. The summed E-state index contributed by atoms with van der Waals surface area (Å²) in [5, 5.41) is 13.6. The van der Waals surface area contributed by atoms with Crippen LogP contribution < -0.4 is 5.32 Å². The van der Waals surface area contributed by atoms with Crippen molar-refractivity contribution >= 4 is 17.5 Å². The number of hydrogen-bond acceptors (Lipinski definition) is 6. The number of ether oxygens (including phenoxy) is 1. The van der Waals surface area contributed by atoms with Crippen LogP contribution in [0.1, 0.15) is 49.7 Å². The lowest BCUT2D eigenvalue weighted by Crippen LogP contribution is -2.32. The Bertz CT molecular complexity index is 645. The van der Waals surface area contributed by atoms with Crippen LogP contribution in [0.2, 0.25) is 0 Å². The minimum absolute atomic E-state index is 0.295. The first-order chi connectivity index (χ1) is 10.9. The van der Waals surface area contributed by atoms with Crippen LogP contribution in [0.3, 0.4) is 0 Å². The predicted molar refractivity (Wildman–Crippen MR) is 79.8 cm³/mol. The maximum atomic E-state index is 13.2. The zero-order valence-corrected chi connectivity index (χ0v) is 13.7. The molecule has 0 unspecified atom stereocenters. The fraction of sp³-hybridized carbons (Fsp3) is 0.571. The Balaban J connectivity index is 3.59. The molecule has 0 fully saturated rings. The quantitative estimate of drug-likeness (QED) is 0.477. The van der Waals surface area contributed by atoms with Gasteiger partial charge in [-0.3, -0.25) is 10.1 Å². The molecule has 0 atom stereocenters. The number of rotatable bonds is 6. The third-order valence-electron chi connectivity index (χ3n) is 3.22. The Morgan fingerprint density at radius 2 is 2.00 bits per heavy atom. The van der Waals surface area contributed by atoms with Gasteiger partial charge in [0.05, 0.1) is 12.0 Å². The van der Waals surface area contributed by atoms with Gasteiger partial charge in [-0.1, -0.05) is 13.3 Å². The van der Waals surface area contributed by atoms with Crippen LogP contribution in [0.25, 0.3) is 0 Å². The fourth-order valence-electron chi connectivity index (χ4n) is 2.21. The SMILES string of the molecule is CCCC(C)(C)Nc1nc(C(=O)OC)c([N+](=O)[O-])cc1C(F)(F)F. The average molecular weight is 349 g/mol. The Hall–Kier alpha value is -2.39. The summed E-state index contributed by atoms with van der Waals surface area (Å²) in [6.45, 7) is 5.19. The molecule has 0 aliphatic heterocycles. The van der Waals surface area contributed by atoms with Gasteiger partial charge in [0.25, 0.3) is 0 Å². The van der Waals surface area contributed by atoms with E-state index in [2.05, 4.69) is 15.0 Å². The normalized spacial score (nSPS) is 12.0. The molecule has 24 heavy (non-hydrogen) atoms. The Morgan fingerprint density at radius 1 is 1.42 bits per heavy atom. The molecule has 1 aromatic rings. The molecule has 0 saturated carbocycles. The highest BCUT2D eigenvalue weighted by Crippen LogP contribution is 2.38. The van der Waals surface area contributed by atoms with Crippen molar-refractivity contribution in [2.24, 2.45) is 0 Å². The maximum Gasteiger partial charge on any atom is 0.420 e. The standard InChI is InChI=1S/C14H18F3N3O4/c1-5-6-13(2,3)19-11-8(14(15,16)17)7-9(20(22)23)10(18-11)12(21)24-4/h7H,5-6H2,1-4H3,(H,18,19). The fourth-order valence-corrected chi connectivity index (χ4v) is 2.21. The predicted octanol–water partition coefficient (Wildman–Crippen LogP) is 3.79. The van der Waals surface area contributed by atoms with Crippen molar-refractivity contribution in [3.63, 3.8) is 0 Å². The first kappa shape index (κ1) is 19.7. The molecule has 1 heterocycles. The van der Waals surface area contributed by atoms with Gasteiger partial charge in [-0.25, -0.2) is 9.78 Å². The maximum absolute atomic E-state index is 13.2. The number of hydrogen-bond donors (Lipinski definition) is 1. The van der Waals surface area contributed by atoms with Crippen LogP contribution in [0, 0.1) is 10.1 Å². The monoisotopic (exact) mass is 349 g/mol. The second kappa shape index (κ2) is 7.02. The number of methoxy groups -OCH3 is 1. The highest BCUT2D eigenvalue weighted by atomic mass is 19.4. The van der Waals surface area contributed by atoms with E-state index in [0.717, 1.165) is 7.11 Å². The number of halogens is 3. The largest absolute Gasteiger partial charge is 0.464 e. The smallest absolute Gasteiger partial charge is 0.420 e. The van der Waals surface area contributed by atoms with E-state index in [1.165, 1.54) is 0 Å². The first-order valence-electron chi connectivity index (χ1n) is 7.06. The lowest BCUT2D eigenvalue weighted by Gasteiger charge is -2.28. The van der Waals surface area contributed by atoms with Gasteiger partial charge in [0, 0.05) is 11.6 Å². The minimum atomic E-state index is -4.88. The summed E-state index contributed by atoms with van der Waals surface area (Å²) < 4.78 is 44.1. The van der Waals surface area contributed by atoms with Gasteiger partial charge in [0.2, 0.25) is 5.69 Å². The highest BCUT2D eigenvalue weighted by molar-refractivity contribution is 5.92. The molecule has 0 saturated heterocycles. The number of anilines is 1. The van der Waals surface area contributed by atoms with Crippen LogP contribution >= 0.6 is 0 Å². The molecule has 0 aliphatic rings. The van der Waals surface area contributed by atoms with Crippen molar-refractivity contribution < 1.29 is 27.6 Å².